The Morgan fingerprint density at radius 3 is 2.90 bits per heavy atom. The monoisotopic (exact) mass is 289 g/mol. The van der Waals surface area contributed by atoms with Gasteiger partial charge in [-0.3, -0.25) is 5.43 Å². The number of hydrogen-bond donors (Lipinski definition) is 2. The van der Waals surface area contributed by atoms with Crippen molar-refractivity contribution in [2.24, 2.45) is 5.84 Å². The Bertz CT molecular complexity index is 757. The Balaban J connectivity index is 2.15. The van der Waals surface area contributed by atoms with Crippen molar-refractivity contribution in [1.29, 1.82) is 0 Å². The molecule has 0 saturated heterocycles. The first-order valence-electron chi connectivity index (χ1n) is 5.90. The van der Waals surface area contributed by atoms with Crippen LogP contribution < -0.4 is 16.2 Å². The van der Waals surface area contributed by atoms with E-state index in [4.69, 9.17) is 5.84 Å². The predicted octanol–water partition coefficient (Wildman–Crippen LogP) is 2.88. The van der Waals surface area contributed by atoms with Crippen LogP contribution in [-0.2, 0) is 0 Å². The van der Waals surface area contributed by atoms with Crippen molar-refractivity contribution in [3.63, 3.8) is 0 Å². The smallest absolute Gasteiger partial charge is 0.240 e. The Hall–Kier alpha value is -2.25. The molecule has 102 valence electrons. The second kappa shape index (κ2) is 5.03. The second-order valence-electron chi connectivity index (χ2n) is 4.19. The summed E-state index contributed by atoms with van der Waals surface area (Å²) in [6.07, 6.45) is 0. The van der Waals surface area contributed by atoms with Crippen LogP contribution in [0.1, 0.15) is 0 Å². The number of nitrogens with zero attached hydrogens (tertiary/aromatic N) is 3. The molecule has 0 fully saturated rings. The number of rotatable bonds is 3. The van der Waals surface area contributed by atoms with E-state index in [0.29, 0.717) is 17.5 Å². The highest BCUT2D eigenvalue weighted by atomic mass is 32.1. The van der Waals surface area contributed by atoms with Gasteiger partial charge in [0.05, 0.1) is 5.39 Å². The van der Waals surface area contributed by atoms with Gasteiger partial charge in [0.25, 0.3) is 0 Å². The first-order chi connectivity index (χ1) is 9.69. The molecule has 0 atom stereocenters. The summed E-state index contributed by atoms with van der Waals surface area (Å²) in [5.41, 5.74) is 3.16. The summed E-state index contributed by atoms with van der Waals surface area (Å²) < 4.78 is 13.4. The second-order valence-corrected chi connectivity index (χ2v) is 5.09. The van der Waals surface area contributed by atoms with E-state index in [9.17, 15) is 4.39 Å². The molecule has 3 rings (SSSR count). The lowest BCUT2D eigenvalue weighted by atomic mass is 10.2. The van der Waals surface area contributed by atoms with Crippen LogP contribution in [0.4, 0.5) is 21.8 Å². The maximum Gasteiger partial charge on any atom is 0.240 e. The molecule has 0 unspecified atom stereocenters. The molecule has 20 heavy (non-hydrogen) atoms. The molecule has 0 aliphatic rings. The van der Waals surface area contributed by atoms with Crippen molar-refractivity contribution >= 4 is 39.0 Å². The van der Waals surface area contributed by atoms with Gasteiger partial charge in [-0.2, -0.15) is 4.98 Å². The molecule has 0 amide bonds. The fourth-order valence-electron chi connectivity index (χ4n) is 1.97. The van der Waals surface area contributed by atoms with Gasteiger partial charge in [-0.05, 0) is 29.6 Å². The standard InChI is InChI=1S/C13H12FN5S/c1-19(9-4-2-3-8(14)7-9)11-10-5-6-20-12(10)17-13(16-11)18-15/h2-7H,15H2,1H3,(H,16,17,18). The molecule has 7 heteroatoms. The lowest BCUT2D eigenvalue weighted by Gasteiger charge is -2.19. The van der Waals surface area contributed by atoms with E-state index in [1.165, 1.54) is 23.5 Å². The minimum absolute atomic E-state index is 0.290. The van der Waals surface area contributed by atoms with Gasteiger partial charge in [0, 0.05) is 12.7 Å². The number of nitrogens with two attached hydrogens (primary N) is 1. The number of benzene rings is 1. The molecule has 3 aromatic rings. The Morgan fingerprint density at radius 2 is 2.15 bits per heavy atom. The number of nitrogens with one attached hydrogen (secondary N) is 1. The third-order valence-corrected chi connectivity index (χ3v) is 3.75. The van der Waals surface area contributed by atoms with Crippen LogP contribution in [0.2, 0.25) is 0 Å². The maximum absolute atomic E-state index is 13.4. The number of aromatic nitrogens is 2. The molecule has 0 radical (unpaired) electrons. The van der Waals surface area contributed by atoms with E-state index in [0.717, 1.165) is 10.2 Å². The molecule has 1 aromatic carbocycles. The number of fused-ring (bicyclic) bond motifs is 1. The molecule has 5 nitrogen and oxygen atoms in total. The Kier molecular flexibility index (Phi) is 3.21. The van der Waals surface area contributed by atoms with Gasteiger partial charge in [0.1, 0.15) is 16.5 Å². The normalized spacial score (nSPS) is 10.8. The van der Waals surface area contributed by atoms with E-state index in [-0.39, 0.29) is 5.82 Å². The number of hydrogen-bond acceptors (Lipinski definition) is 6. The van der Waals surface area contributed by atoms with Gasteiger partial charge in [0.15, 0.2) is 0 Å². The molecular formula is C13H12FN5S. The molecule has 0 bridgehead atoms. The topological polar surface area (TPSA) is 67.1 Å². The van der Waals surface area contributed by atoms with Gasteiger partial charge in [0.2, 0.25) is 5.95 Å². The summed E-state index contributed by atoms with van der Waals surface area (Å²) in [4.78, 5) is 11.3. The maximum atomic E-state index is 13.4. The lowest BCUT2D eigenvalue weighted by Crippen LogP contribution is -2.16. The lowest BCUT2D eigenvalue weighted by molar-refractivity contribution is 0.628. The van der Waals surface area contributed by atoms with Gasteiger partial charge in [-0.1, -0.05) is 6.07 Å². The summed E-state index contributed by atoms with van der Waals surface area (Å²) in [6.45, 7) is 0. The summed E-state index contributed by atoms with van der Waals surface area (Å²) in [6, 6.07) is 8.28. The average molecular weight is 289 g/mol. The van der Waals surface area contributed by atoms with Crippen molar-refractivity contribution in [2.45, 2.75) is 0 Å². The van der Waals surface area contributed by atoms with Crippen LogP contribution in [0.3, 0.4) is 0 Å². The molecule has 3 N–H and O–H groups in total. The summed E-state index contributed by atoms with van der Waals surface area (Å²) in [5, 5.41) is 2.84. The average Bonchev–Trinajstić information content (AvgIpc) is 2.93. The van der Waals surface area contributed by atoms with E-state index < -0.39 is 0 Å². The molecule has 0 spiro atoms. The van der Waals surface area contributed by atoms with Crippen LogP contribution in [0.25, 0.3) is 10.2 Å². The molecular weight excluding hydrogens is 277 g/mol. The van der Waals surface area contributed by atoms with Crippen molar-refractivity contribution in [1.82, 2.24) is 9.97 Å². The van der Waals surface area contributed by atoms with Crippen LogP contribution in [0.5, 0.6) is 0 Å². The van der Waals surface area contributed by atoms with Crippen LogP contribution >= 0.6 is 11.3 Å². The zero-order valence-corrected chi connectivity index (χ0v) is 11.5. The minimum atomic E-state index is -0.290. The number of thiophene rings is 1. The van der Waals surface area contributed by atoms with Crippen molar-refractivity contribution in [3.8, 4) is 0 Å². The Morgan fingerprint density at radius 1 is 1.30 bits per heavy atom. The quantitative estimate of drug-likeness (QED) is 0.573. The SMILES string of the molecule is CN(c1cccc(F)c1)c1nc(NN)nc2sccc12. The first kappa shape index (κ1) is 12.8. The molecule has 0 saturated carbocycles. The third kappa shape index (κ3) is 2.17. The summed E-state index contributed by atoms with van der Waals surface area (Å²) in [7, 11) is 1.83. The van der Waals surface area contributed by atoms with Crippen LogP contribution in [-0.4, -0.2) is 17.0 Å². The van der Waals surface area contributed by atoms with Crippen molar-refractivity contribution in [3.05, 3.63) is 41.5 Å². The fourth-order valence-corrected chi connectivity index (χ4v) is 2.73. The fraction of sp³-hybridized carbons (Fsp3) is 0.0769. The first-order valence-corrected chi connectivity index (χ1v) is 6.78. The zero-order valence-electron chi connectivity index (χ0n) is 10.7. The molecule has 2 heterocycles. The number of hydrazine groups is 1. The van der Waals surface area contributed by atoms with Crippen LogP contribution in [0.15, 0.2) is 35.7 Å². The van der Waals surface area contributed by atoms with Gasteiger partial charge in [-0.15, -0.1) is 11.3 Å². The van der Waals surface area contributed by atoms with Crippen LogP contribution in [0, 0.1) is 5.82 Å². The van der Waals surface area contributed by atoms with Crippen molar-refractivity contribution < 1.29 is 4.39 Å². The summed E-state index contributed by atoms with van der Waals surface area (Å²) >= 11 is 1.50. The third-order valence-electron chi connectivity index (χ3n) is 2.95. The van der Waals surface area contributed by atoms with E-state index in [1.807, 2.05) is 24.6 Å². The van der Waals surface area contributed by atoms with E-state index >= 15 is 0 Å². The van der Waals surface area contributed by atoms with Gasteiger partial charge in [-0.25, -0.2) is 15.2 Å². The van der Waals surface area contributed by atoms with E-state index in [1.54, 1.807) is 11.0 Å². The number of anilines is 3. The Labute approximate surface area is 118 Å². The largest absolute Gasteiger partial charge is 0.329 e. The minimum Gasteiger partial charge on any atom is -0.329 e. The molecule has 0 aliphatic heterocycles. The zero-order chi connectivity index (χ0) is 14.1. The molecule has 2 aromatic heterocycles. The van der Waals surface area contributed by atoms with Crippen molar-refractivity contribution in [2.75, 3.05) is 17.4 Å². The summed E-state index contributed by atoms with van der Waals surface area (Å²) in [5.74, 6) is 6.11. The predicted molar refractivity (Wildman–Crippen MR) is 79.7 cm³/mol. The highest BCUT2D eigenvalue weighted by Gasteiger charge is 2.14. The highest BCUT2D eigenvalue weighted by molar-refractivity contribution is 7.16. The van der Waals surface area contributed by atoms with Gasteiger partial charge >= 0.3 is 0 Å². The van der Waals surface area contributed by atoms with Gasteiger partial charge < -0.3 is 4.90 Å². The highest BCUT2D eigenvalue weighted by Crippen LogP contribution is 2.32. The van der Waals surface area contributed by atoms with E-state index in [2.05, 4.69) is 15.4 Å². The number of halogens is 1. The molecule has 0 aliphatic carbocycles. The number of nitrogen functional groups attached to an aromatic ring is 1.